The van der Waals surface area contributed by atoms with E-state index >= 15 is 0 Å². The van der Waals surface area contributed by atoms with Gasteiger partial charge in [0.2, 0.25) is 0 Å². The van der Waals surface area contributed by atoms with E-state index in [1.54, 1.807) is 7.05 Å². The summed E-state index contributed by atoms with van der Waals surface area (Å²) in [6.07, 6.45) is 2.77. The molecular weight excluding hydrogens is 269 g/mol. The van der Waals surface area contributed by atoms with Crippen molar-refractivity contribution in [1.82, 2.24) is 9.97 Å². The molecule has 0 saturated carbocycles. The first-order valence-electron chi connectivity index (χ1n) is 5.58. The highest BCUT2D eigenvalue weighted by molar-refractivity contribution is 5.49. The first-order chi connectivity index (χ1) is 9.52. The van der Waals surface area contributed by atoms with Gasteiger partial charge in [0.25, 0.3) is 0 Å². The van der Waals surface area contributed by atoms with Gasteiger partial charge in [-0.25, -0.2) is 23.1 Å². The minimum absolute atomic E-state index is 0.0570. The molecule has 1 aromatic heterocycles. The van der Waals surface area contributed by atoms with Crippen molar-refractivity contribution >= 4 is 5.82 Å². The van der Waals surface area contributed by atoms with Gasteiger partial charge >= 0.3 is 0 Å². The Balaban J connectivity index is 2.28. The second-order valence-electron chi connectivity index (χ2n) is 4.07. The highest BCUT2D eigenvalue weighted by Gasteiger charge is 2.14. The SMILES string of the molecule is CN(Cc1cc(F)c(F)c(F)c1)c1nccnc1C#N. The molecule has 0 fully saturated rings. The Labute approximate surface area is 113 Å². The maximum Gasteiger partial charge on any atom is 0.194 e. The predicted octanol–water partition coefficient (Wildman–Crippen LogP) is 2.40. The topological polar surface area (TPSA) is 52.8 Å². The number of hydrogen-bond acceptors (Lipinski definition) is 4. The van der Waals surface area contributed by atoms with E-state index in [0.717, 1.165) is 12.1 Å². The molecule has 0 aliphatic rings. The molecule has 0 radical (unpaired) electrons. The second kappa shape index (κ2) is 5.57. The van der Waals surface area contributed by atoms with Gasteiger partial charge in [-0.3, -0.25) is 0 Å². The third-order valence-electron chi connectivity index (χ3n) is 2.61. The van der Waals surface area contributed by atoms with Crippen molar-refractivity contribution in [2.75, 3.05) is 11.9 Å². The summed E-state index contributed by atoms with van der Waals surface area (Å²) in [7, 11) is 1.59. The number of aromatic nitrogens is 2. The van der Waals surface area contributed by atoms with Crippen molar-refractivity contribution in [3.05, 3.63) is 53.2 Å². The van der Waals surface area contributed by atoms with Crippen LogP contribution in [0.5, 0.6) is 0 Å². The van der Waals surface area contributed by atoms with Crippen LogP contribution < -0.4 is 4.90 Å². The third-order valence-corrected chi connectivity index (χ3v) is 2.61. The van der Waals surface area contributed by atoms with Gasteiger partial charge in [0.1, 0.15) is 6.07 Å². The van der Waals surface area contributed by atoms with Crippen LogP contribution in [0, 0.1) is 28.8 Å². The maximum absolute atomic E-state index is 13.1. The summed E-state index contributed by atoms with van der Waals surface area (Å²) in [5.41, 5.74) is 0.316. The van der Waals surface area contributed by atoms with E-state index in [-0.39, 0.29) is 23.6 Å². The van der Waals surface area contributed by atoms with Crippen LogP contribution in [0.1, 0.15) is 11.3 Å². The van der Waals surface area contributed by atoms with Gasteiger partial charge in [-0.15, -0.1) is 0 Å². The van der Waals surface area contributed by atoms with E-state index in [1.807, 2.05) is 6.07 Å². The number of benzene rings is 1. The Hall–Kier alpha value is -2.62. The molecule has 0 saturated heterocycles. The molecule has 0 bridgehead atoms. The maximum atomic E-state index is 13.1. The van der Waals surface area contributed by atoms with Gasteiger partial charge < -0.3 is 4.90 Å². The first-order valence-corrected chi connectivity index (χ1v) is 5.58. The minimum atomic E-state index is -1.51. The molecule has 0 N–H and O–H groups in total. The van der Waals surface area contributed by atoms with Gasteiger partial charge in [0.05, 0.1) is 0 Å². The Kier molecular flexibility index (Phi) is 3.84. The monoisotopic (exact) mass is 278 g/mol. The zero-order valence-corrected chi connectivity index (χ0v) is 10.4. The summed E-state index contributed by atoms with van der Waals surface area (Å²) in [5, 5.41) is 8.91. The Morgan fingerprint density at radius 3 is 2.35 bits per heavy atom. The van der Waals surface area contributed by atoms with Gasteiger partial charge in [0, 0.05) is 26.0 Å². The lowest BCUT2D eigenvalue weighted by atomic mass is 10.2. The van der Waals surface area contributed by atoms with Crippen LogP contribution in [0.4, 0.5) is 19.0 Å². The molecular formula is C13H9F3N4. The van der Waals surface area contributed by atoms with Crippen molar-refractivity contribution in [3.63, 3.8) is 0 Å². The molecule has 2 aromatic rings. The van der Waals surface area contributed by atoms with E-state index in [2.05, 4.69) is 9.97 Å². The van der Waals surface area contributed by atoms with Gasteiger partial charge in [-0.1, -0.05) is 0 Å². The molecule has 0 amide bonds. The molecule has 7 heteroatoms. The average molecular weight is 278 g/mol. The molecule has 1 aromatic carbocycles. The summed E-state index contributed by atoms with van der Waals surface area (Å²) in [5.74, 6) is -3.74. The summed E-state index contributed by atoms with van der Waals surface area (Å²) in [6, 6.07) is 3.67. The molecule has 0 spiro atoms. The van der Waals surface area contributed by atoms with Crippen molar-refractivity contribution in [1.29, 1.82) is 5.26 Å². The van der Waals surface area contributed by atoms with Crippen molar-refractivity contribution < 1.29 is 13.2 Å². The zero-order chi connectivity index (χ0) is 14.7. The van der Waals surface area contributed by atoms with Crippen LogP contribution >= 0.6 is 0 Å². The molecule has 0 unspecified atom stereocenters. The normalized spacial score (nSPS) is 10.2. The molecule has 0 aliphatic heterocycles. The van der Waals surface area contributed by atoms with Crippen molar-refractivity contribution in [3.8, 4) is 6.07 Å². The van der Waals surface area contributed by atoms with Crippen LogP contribution in [-0.4, -0.2) is 17.0 Å². The molecule has 20 heavy (non-hydrogen) atoms. The van der Waals surface area contributed by atoms with Crippen LogP contribution in [0.25, 0.3) is 0 Å². The average Bonchev–Trinajstić information content (AvgIpc) is 2.44. The summed E-state index contributed by atoms with van der Waals surface area (Å²) in [6.45, 7) is 0.0570. The highest BCUT2D eigenvalue weighted by Crippen LogP contribution is 2.18. The van der Waals surface area contributed by atoms with Gasteiger partial charge in [-0.2, -0.15) is 5.26 Å². The van der Waals surface area contributed by atoms with Crippen LogP contribution in [0.15, 0.2) is 24.5 Å². The second-order valence-corrected chi connectivity index (χ2v) is 4.07. The summed E-state index contributed by atoms with van der Waals surface area (Å²) in [4.78, 5) is 9.32. The number of nitriles is 1. The highest BCUT2D eigenvalue weighted by atomic mass is 19.2. The van der Waals surface area contributed by atoms with E-state index in [4.69, 9.17) is 5.26 Å². The van der Waals surface area contributed by atoms with E-state index in [9.17, 15) is 13.2 Å². The fourth-order valence-corrected chi connectivity index (χ4v) is 1.74. The molecule has 1 heterocycles. The molecule has 102 valence electrons. The van der Waals surface area contributed by atoms with Crippen molar-refractivity contribution in [2.45, 2.75) is 6.54 Å². The quantitative estimate of drug-likeness (QED) is 0.809. The first kappa shape index (κ1) is 13.8. The number of anilines is 1. The Morgan fingerprint density at radius 1 is 1.15 bits per heavy atom. The zero-order valence-electron chi connectivity index (χ0n) is 10.4. The van der Waals surface area contributed by atoms with Crippen LogP contribution in [0.3, 0.4) is 0 Å². The fourth-order valence-electron chi connectivity index (χ4n) is 1.74. The summed E-state index contributed by atoms with van der Waals surface area (Å²) >= 11 is 0. The number of hydrogen-bond donors (Lipinski definition) is 0. The number of halogens is 3. The summed E-state index contributed by atoms with van der Waals surface area (Å²) < 4.78 is 39.1. The smallest absolute Gasteiger partial charge is 0.194 e. The lowest BCUT2D eigenvalue weighted by Crippen LogP contribution is -2.19. The Bertz CT molecular complexity index is 659. The number of rotatable bonds is 3. The molecule has 2 rings (SSSR count). The van der Waals surface area contributed by atoms with Gasteiger partial charge in [-0.05, 0) is 17.7 Å². The fraction of sp³-hybridized carbons (Fsp3) is 0.154. The minimum Gasteiger partial charge on any atom is -0.353 e. The molecule has 4 nitrogen and oxygen atoms in total. The lowest BCUT2D eigenvalue weighted by Gasteiger charge is -2.18. The molecule has 0 atom stereocenters. The van der Waals surface area contributed by atoms with E-state index < -0.39 is 17.5 Å². The largest absolute Gasteiger partial charge is 0.353 e. The Morgan fingerprint density at radius 2 is 1.75 bits per heavy atom. The molecule has 0 aliphatic carbocycles. The van der Waals surface area contributed by atoms with Crippen LogP contribution in [0.2, 0.25) is 0 Å². The van der Waals surface area contributed by atoms with E-state index in [1.165, 1.54) is 17.3 Å². The van der Waals surface area contributed by atoms with Crippen molar-refractivity contribution in [2.24, 2.45) is 0 Å². The third kappa shape index (κ3) is 2.69. The van der Waals surface area contributed by atoms with Crippen LogP contribution in [-0.2, 0) is 6.54 Å². The van der Waals surface area contributed by atoms with E-state index in [0.29, 0.717) is 0 Å². The predicted molar refractivity (Wildman–Crippen MR) is 65.2 cm³/mol. The lowest BCUT2D eigenvalue weighted by molar-refractivity contribution is 0.445. The van der Waals surface area contributed by atoms with Gasteiger partial charge in [0.15, 0.2) is 29.0 Å². The standard InChI is InChI=1S/C13H9F3N4/c1-20(13-11(6-17)18-2-3-19-13)7-8-4-9(14)12(16)10(15)5-8/h2-5H,7H2,1H3. The number of nitrogens with zero attached hydrogens (tertiary/aromatic N) is 4.